The molecule has 1 aliphatic heterocycles. The molecular weight excluding hydrogens is 281 g/mol. The highest BCUT2D eigenvalue weighted by molar-refractivity contribution is 5.28. The van der Waals surface area contributed by atoms with Gasteiger partial charge in [-0.1, -0.05) is 18.2 Å². The molecule has 0 bridgehead atoms. The quantitative estimate of drug-likeness (QED) is 0.922. The number of piperazine rings is 1. The number of likely N-dealkylation sites (N-methyl/N-ethyl adjacent to an activating group) is 1. The van der Waals surface area contributed by atoms with Crippen LogP contribution in [0.25, 0.3) is 0 Å². The second-order valence-corrected chi connectivity index (χ2v) is 5.61. The van der Waals surface area contributed by atoms with Crippen LogP contribution < -0.4 is 0 Å². The maximum atomic E-state index is 12.8. The minimum Gasteiger partial charge on any atom is -0.396 e. The lowest BCUT2D eigenvalue weighted by Crippen LogP contribution is -2.46. The van der Waals surface area contributed by atoms with E-state index < -0.39 is 11.7 Å². The fourth-order valence-electron chi connectivity index (χ4n) is 2.58. The van der Waals surface area contributed by atoms with Gasteiger partial charge in [0.25, 0.3) is 0 Å². The summed E-state index contributed by atoms with van der Waals surface area (Å²) >= 11 is 0. The standard InChI is InChI=1S/C15H21F3N2O/c1-19-5-7-20(8-6-19)10-13(11-21)12-3-2-4-14(9-12)15(16,17)18/h2-4,9,13,21H,5-8,10-11H2,1H3. The smallest absolute Gasteiger partial charge is 0.396 e. The number of alkyl halides is 3. The van der Waals surface area contributed by atoms with Crippen LogP contribution in [0.4, 0.5) is 13.2 Å². The highest BCUT2D eigenvalue weighted by atomic mass is 19.4. The van der Waals surface area contributed by atoms with Crippen molar-refractivity contribution in [2.75, 3.05) is 46.4 Å². The van der Waals surface area contributed by atoms with Crippen molar-refractivity contribution in [2.45, 2.75) is 12.1 Å². The van der Waals surface area contributed by atoms with Crippen LogP contribution in [0, 0.1) is 0 Å². The lowest BCUT2D eigenvalue weighted by atomic mass is 9.97. The molecule has 0 spiro atoms. The third-order valence-electron chi connectivity index (χ3n) is 3.98. The van der Waals surface area contributed by atoms with Gasteiger partial charge in [0.15, 0.2) is 0 Å². The molecular formula is C15H21F3N2O. The Kier molecular flexibility index (Phi) is 5.24. The highest BCUT2D eigenvalue weighted by Crippen LogP contribution is 2.31. The van der Waals surface area contributed by atoms with Gasteiger partial charge in [-0.2, -0.15) is 13.2 Å². The summed E-state index contributed by atoms with van der Waals surface area (Å²) in [6.45, 7) is 4.10. The van der Waals surface area contributed by atoms with E-state index in [4.69, 9.17) is 0 Å². The molecule has 1 heterocycles. The van der Waals surface area contributed by atoms with Crippen LogP contribution in [0.2, 0.25) is 0 Å². The topological polar surface area (TPSA) is 26.7 Å². The van der Waals surface area contributed by atoms with E-state index in [-0.39, 0.29) is 12.5 Å². The van der Waals surface area contributed by atoms with Crippen molar-refractivity contribution in [3.8, 4) is 0 Å². The SMILES string of the molecule is CN1CCN(CC(CO)c2cccc(C(F)(F)F)c2)CC1. The van der Waals surface area contributed by atoms with E-state index in [9.17, 15) is 18.3 Å². The van der Waals surface area contributed by atoms with Crippen LogP contribution in [-0.4, -0.2) is 61.3 Å². The second-order valence-electron chi connectivity index (χ2n) is 5.61. The first-order valence-electron chi connectivity index (χ1n) is 7.09. The molecule has 0 amide bonds. The third kappa shape index (κ3) is 4.43. The summed E-state index contributed by atoms with van der Waals surface area (Å²) in [6.07, 6.45) is -4.34. The van der Waals surface area contributed by atoms with Gasteiger partial charge in [-0.3, -0.25) is 0 Å². The van der Waals surface area contributed by atoms with E-state index in [1.807, 2.05) is 7.05 Å². The second kappa shape index (κ2) is 6.77. The van der Waals surface area contributed by atoms with Gasteiger partial charge in [-0.05, 0) is 18.7 Å². The average Bonchev–Trinajstić information content (AvgIpc) is 2.46. The van der Waals surface area contributed by atoms with Crippen molar-refractivity contribution < 1.29 is 18.3 Å². The van der Waals surface area contributed by atoms with Gasteiger partial charge in [0, 0.05) is 38.6 Å². The minimum absolute atomic E-state index is 0.145. The van der Waals surface area contributed by atoms with E-state index in [1.54, 1.807) is 6.07 Å². The molecule has 1 fully saturated rings. The average molecular weight is 302 g/mol. The van der Waals surface area contributed by atoms with Crippen LogP contribution in [0.15, 0.2) is 24.3 Å². The molecule has 1 saturated heterocycles. The number of hydrogen-bond donors (Lipinski definition) is 1. The molecule has 3 nitrogen and oxygen atoms in total. The Bertz CT molecular complexity index is 456. The molecule has 1 unspecified atom stereocenters. The Morgan fingerprint density at radius 1 is 1.19 bits per heavy atom. The summed E-state index contributed by atoms with van der Waals surface area (Å²) in [5.41, 5.74) is -0.108. The number of nitrogens with zero attached hydrogens (tertiary/aromatic N) is 2. The Morgan fingerprint density at radius 3 is 2.43 bits per heavy atom. The van der Waals surface area contributed by atoms with E-state index in [1.165, 1.54) is 6.07 Å². The van der Waals surface area contributed by atoms with Crippen LogP contribution >= 0.6 is 0 Å². The number of halogens is 3. The number of aliphatic hydroxyl groups is 1. The molecule has 1 atom stereocenters. The monoisotopic (exact) mass is 302 g/mol. The number of benzene rings is 1. The maximum Gasteiger partial charge on any atom is 0.416 e. The van der Waals surface area contributed by atoms with Crippen molar-refractivity contribution in [1.29, 1.82) is 0 Å². The van der Waals surface area contributed by atoms with Crippen molar-refractivity contribution in [3.63, 3.8) is 0 Å². The van der Waals surface area contributed by atoms with Gasteiger partial charge < -0.3 is 14.9 Å². The number of aliphatic hydroxyl groups excluding tert-OH is 1. The summed E-state index contributed by atoms with van der Waals surface area (Å²) in [6, 6.07) is 5.28. The van der Waals surface area contributed by atoms with Crippen molar-refractivity contribution >= 4 is 0 Å². The molecule has 1 aromatic carbocycles. The lowest BCUT2D eigenvalue weighted by molar-refractivity contribution is -0.137. The minimum atomic E-state index is -4.34. The van der Waals surface area contributed by atoms with E-state index in [0.29, 0.717) is 12.1 Å². The van der Waals surface area contributed by atoms with Gasteiger partial charge in [0.2, 0.25) is 0 Å². The normalized spacial score (nSPS) is 19.7. The van der Waals surface area contributed by atoms with Crippen molar-refractivity contribution in [2.24, 2.45) is 0 Å². The predicted molar refractivity (Wildman–Crippen MR) is 75.2 cm³/mol. The highest BCUT2D eigenvalue weighted by Gasteiger charge is 2.31. The van der Waals surface area contributed by atoms with Crippen LogP contribution in [0.3, 0.4) is 0 Å². The summed E-state index contributed by atoms with van der Waals surface area (Å²) in [7, 11) is 2.05. The Hall–Kier alpha value is -1.11. The fourth-order valence-corrected chi connectivity index (χ4v) is 2.58. The van der Waals surface area contributed by atoms with E-state index >= 15 is 0 Å². The molecule has 21 heavy (non-hydrogen) atoms. The molecule has 0 aromatic heterocycles. The van der Waals surface area contributed by atoms with Gasteiger partial charge in [-0.15, -0.1) is 0 Å². The molecule has 118 valence electrons. The lowest BCUT2D eigenvalue weighted by Gasteiger charge is -2.34. The molecule has 0 aliphatic carbocycles. The molecule has 2 rings (SSSR count). The Morgan fingerprint density at radius 2 is 1.86 bits per heavy atom. The number of hydrogen-bond acceptors (Lipinski definition) is 3. The van der Waals surface area contributed by atoms with Crippen molar-refractivity contribution in [1.82, 2.24) is 9.80 Å². The van der Waals surface area contributed by atoms with Crippen LogP contribution in [0.1, 0.15) is 17.0 Å². The zero-order chi connectivity index (χ0) is 15.5. The molecule has 6 heteroatoms. The first-order chi connectivity index (χ1) is 9.90. The van der Waals surface area contributed by atoms with Gasteiger partial charge >= 0.3 is 6.18 Å². The summed E-state index contributed by atoms with van der Waals surface area (Å²) < 4.78 is 38.3. The zero-order valence-electron chi connectivity index (χ0n) is 12.1. The molecule has 1 N–H and O–H groups in total. The number of rotatable bonds is 4. The zero-order valence-corrected chi connectivity index (χ0v) is 12.1. The predicted octanol–water partition coefficient (Wildman–Crippen LogP) is 2.03. The van der Waals surface area contributed by atoms with Crippen LogP contribution in [-0.2, 0) is 6.18 Å². The Balaban J connectivity index is 2.07. The molecule has 1 aromatic rings. The van der Waals surface area contributed by atoms with Crippen molar-refractivity contribution in [3.05, 3.63) is 35.4 Å². The van der Waals surface area contributed by atoms with Gasteiger partial charge in [0.1, 0.15) is 0 Å². The van der Waals surface area contributed by atoms with Crippen LogP contribution in [0.5, 0.6) is 0 Å². The largest absolute Gasteiger partial charge is 0.416 e. The first-order valence-corrected chi connectivity index (χ1v) is 7.09. The molecule has 0 saturated carbocycles. The molecule has 1 aliphatic rings. The van der Waals surface area contributed by atoms with E-state index in [0.717, 1.165) is 38.3 Å². The maximum absolute atomic E-state index is 12.8. The van der Waals surface area contributed by atoms with E-state index in [2.05, 4.69) is 9.80 Å². The fraction of sp³-hybridized carbons (Fsp3) is 0.600. The summed E-state index contributed by atoms with van der Waals surface area (Å²) in [4.78, 5) is 4.41. The molecule has 0 radical (unpaired) electrons. The summed E-state index contributed by atoms with van der Waals surface area (Å²) in [5.74, 6) is -0.282. The Labute approximate surface area is 123 Å². The summed E-state index contributed by atoms with van der Waals surface area (Å²) in [5, 5.41) is 9.54. The third-order valence-corrected chi connectivity index (χ3v) is 3.98. The van der Waals surface area contributed by atoms with Gasteiger partial charge in [0.05, 0.1) is 12.2 Å². The first kappa shape index (κ1) is 16.3. The van der Waals surface area contributed by atoms with Gasteiger partial charge in [-0.25, -0.2) is 0 Å².